The highest BCUT2D eigenvalue weighted by atomic mass is 16.5. The molecule has 1 saturated heterocycles. The van der Waals surface area contributed by atoms with E-state index in [-0.39, 0.29) is 12.1 Å². The normalized spacial score (nSPS) is 22.6. The molecule has 2 unspecified atom stereocenters. The van der Waals surface area contributed by atoms with Crippen LogP contribution in [0.4, 0.5) is 0 Å². The number of nitrogens with zero attached hydrogens (tertiary/aromatic N) is 2. The maximum Gasteiger partial charge on any atom is 0.122 e. The SMILES string of the molecule is COc1cc(OC)cc(C(N)C2CN(C)CCCN2C)c1. The minimum Gasteiger partial charge on any atom is -0.497 e. The molecule has 0 spiro atoms. The molecule has 1 aromatic carbocycles. The van der Waals surface area contributed by atoms with Crippen LogP contribution in [0.15, 0.2) is 18.2 Å². The van der Waals surface area contributed by atoms with E-state index in [0.29, 0.717) is 0 Å². The van der Waals surface area contributed by atoms with Crippen molar-refractivity contribution in [2.24, 2.45) is 5.73 Å². The second kappa shape index (κ2) is 7.11. The standard InChI is InChI=1S/C16H27N3O2/c1-18-6-5-7-19(2)15(11-18)16(17)12-8-13(20-3)10-14(9-12)21-4/h8-10,15-16H,5-7,11,17H2,1-4H3. The molecule has 1 aliphatic heterocycles. The third kappa shape index (κ3) is 3.87. The van der Waals surface area contributed by atoms with Crippen molar-refractivity contribution in [1.82, 2.24) is 9.80 Å². The van der Waals surface area contributed by atoms with Crippen LogP contribution in [-0.4, -0.2) is 63.8 Å². The first-order chi connectivity index (χ1) is 10.0. The first-order valence-corrected chi connectivity index (χ1v) is 7.42. The van der Waals surface area contributed by atoms with E-state index < -0.39 is 0 Å². The maximum absolute atomic E-state index is 6.56. The number of methoxy groups -OCH3 is 2. The van der Waals surface area contributed by atoms with Gasteiger partial charge in [0.25, 0.3) is 0 Å². The lowest BCUT2D eigenvalue weighted by Crippen LogP contribution is -2.45. The molecule has 118 valence electrons. The Kier molecular flexibility index (Phi) is 5.45. The highest BCUT2D eigenvalue weighted by Gasteiger charge is 2.27. The summed E-state index contributed by atoms with van der Waals surface area (Å²) in [4.78, 5) is 4.71. The zero-order valence-electron chi connectivity index (χ0n) is 13.5. The summed E-state index contributed by atoms with van der Waals surface area (Å²) in [6.45, 7) is 3.16. The number of nitrogens with two attached hydrogens (primary N) is 1. The van der Waals surface area contributed by atoms with E-state index in [2.05, 4.69) is 23.9 Å². The largest absolute Gasteiger partial charge is 0.497 e. The fourth-order valence-electron chi connectivity index (χ4n) is 2.94. The number of likely N-dealkylation sites (N-methyl/N-ethyl adjacent to an activating group) is 2. The van der Waals surface area contributed by atoms with Crippen LogP contribution in [0.25, 0.3) is 0 Å². The van der Waals surface area contributed by atoms with Crippen molar-refractivity contribution in [1.29, 1.82) is 0 Å². The highest BCUT2D eigenvalue weighted by molar-refractivity contribution is 5.40. The monoisotopic (exact) mass is 293 g/mol. The lowest BCUT2D eigenvalue weighted by molar-refractivity contribution is 0.196. The van der Waals surface area contributed by atoms with Gasteiger partial charge in [-0.05, 0) is 51.3 Å². The van der Waals surface area contributed by atoms with Crippen LogP contribution in [0.3, 0.4) is 0 Å². The first-order valence-electron chi connectivity index (χ1n) is 7.42. The number of hydrogen-bond donors (Lipinski definition) is 1. The Morgan fingerprint density at radius 1 is 1.10 bits per heavy atom. The lowest BCUT2D eigenvalue weighted by atomic mass is 9.98. The minimum atomic E-state index is -0.0699. The molecule has 2 N–H and O–H groups in total. The summed E-state index contributed by atoms with van der Waals surface area (Å²) < 4.78 is 10.7. The van der Waals surface area contributed by atoms with Gasteiger partial charge in [-0.2, -0.15) is 0 Å². The van der Waals surface area contributed by atoms with Crippen LogP contribution in [0.1, 0.15) is 18.0 Å². The average molecular weight is 293 g/mol. The lowest BCUT2D eigenvalue weighted by Gasteiger charge is -2.32. The zero-order chi connectivity index (χ0) is 15.4. The molecule has 5 heteroatoms. The molecule has 21 heavy (non-hydrogen) atoms. The molecule has 0 aromatic heterocycles. The Morgan fingerprint density at radius 2 is 1.71 bits per heavy atom. The van der Waals surface area contributed by atoms with Gasteiger partial charge in [0.15, 0.2) is 0 Å². The molecule has 2 atom stereocenters. The van der Waals surface area contributed by atoms with Crippen molar-refractivity contribution >= 4 is 0 Å². The summed E-state index contributed by atoms with van der Waals surface area (Å²) in [6, 6.07) is 6.10. The van der Waals surface area contributed by atoms with Crippen molar-refractivity contribution in [3.63, 3.8) is 0 Å². The summed E-state index contributed by atoms with van der Waals surface area (Å²) in [5.41, 5.74) is 7.61. The maximum atomic E-state index is 6.56. The van der Waals surface area contributed by atoms with Crippen LogP contribution >= 0.6 is 0 Å². The van der Waals surface area contributed by atoms with E-state index in [1.807, 2.05) is 18.2 Å². The molecule has 0 aliphatic carbocycles. The van der Waals surface area contributed by atoms with Gasteiger partial charge >= 0.3 is 0 Å². The summed E-state index contributed by atoms with van der Waals surface area (Å²) >= 11 is 0. The molecular formula is C16H27N3O2. The molecule has 1 aromatic rings. The van der Waals surface area contributed by atoms with E-state index in [1.165, 1.54) is 6.42 Å². The van der Waals surface area contributed by atoms with Gasteiger partial charge in [-0.25, -0.2) is 0 Å². The number of ether oxygens (including phenoxy) is 2. The molecule has 1 fully saturated rings. The van der Waals surface area contributed by atoms with Gasteiger partial charge < -0.3 is 25.0 Å². The van der Waals surface area contributed by atoms with Crippen LogP contribution in [-0.2, 0) is 0 Å². The predicted molar refractivity (Wildman–Crippen MR) is 85.0 cm³/mol. The topological polar surface area (TPSA) is 51.0 Å². The van der Waals surface area contributed by atoms with E-state index in [0.717, 1.165) is 36.7 Å². The Balaban J connectivity index is 2.26. The van der Waals surface area contributed by atoms with Gasteiger partial charge in [-0.1, -0.05) is 0 Å². The summed E-state index contributed by atoms with van der Waals surface area (Å²) in [7, 11) is 7.64. The van der Waals surface area contributed by atoms with Gasteiger partial charge in [0.2, 0.25) is 0 Å². The number of rotatable bonds is 4. The Morgan fingerprint density at radius 3 is 2.29 bits per heavy atom. The van der Waals surface area contributed by atoms with E-state index >= 15 is 0 Å². The summed E-state index contributed by atoms with van der Waals surface area (Å²) in [5.74, 6) is 1.56. The third-order valence-electron chi connectivity index (χ3n) is 4.29. The van der Waals surface area contributed by atoms with Gasteiger partial charge in [-0.3, -0.25) is 0 Å². The minimum absolute atomic E-state index is 0.0699. The first kappa shape index (κ1) is 16.1. The molecule has 1 aliphatic rings. The predicted octanol–water partition coefficient (Wildman–Crippen LogP) is 1.34. The van der Waals surface area contributed by atoms with E-state index in [9.17, 15) is 0 Å². The van der Waals surface area contributed by atoms with Crippen LogP contribution in [0.5, 0.6) is 11.5 Å². The van der Waals surface area contributed by atoms with Gasteiger partial charge in [-0.15, -0.1) is 0 Å². The van der Waals surface area contributed by atoms with E-state index in [1.54, 1.807) is 14.2 Å². The second-order valence-electron chi connectivity index (χ2n) is 5.84. The van der Waals surface area contributed by atoms with Crippen molar-refractivity contribution in [3.05, 3.63) is 23.8 Å². The van der Waals surface area contributed by atoms with Gasteiger partial charge in [0.1, 0.15) is 11.5 Å². The number of hydrogen-bond acceptors (Lipinski definition) is 5. The third-order valence-corrected chi connectivity index (χ3v) is 4.29. The molecular weight excluding hydrogens is 266 g/mol. The van der Waals surface area contributed by atoms with Crippen LogP contribution in [0.2, 0.25) is 0 Å². The van der Waals surface area contributed by atoms with Crippen molar-refractivity contribution in [2.45, 2.75) is 18.5 Å². The fraction of sp³-hybridized carbons (Fsp3) is 0.625. The quantitative estimate of drug-likeness (QED) is 0.908. The molecule has 2 rings (SSSR count). The Hall–Kier alpha value is -1.30. The molecule has 0 saturated carbocycles. The summed E-state index contributed by atoms with van der Waals surface area (Å²) in [6.07, 6.45) is 1.18. The molecule has 5 nitrogen and oxygen atoms in total. The van der Waals surface area contributed by atoms with Crippen LogP contribution < -0.4 is 15.2 Å². The van der Waals surface area contributed by atoms with Crippen molar-refractivity contribution in [3.8, 4) is 11.5 Å². The Bertz CT molecular complexity index is 445. The van der Waals surface area contributed by atoms with Gasteiger partial charge in [0.05, 0.1) is 14.2 Å². The van der Waals surface area contributed by atoms with Crippen LogP contribution in [0, 0.1) is 0 Å². The summed E-state index contributed by atoms with van der Waals surface area (Å²) in [5, 5.41) is 0. The average Bonchev–Trinajstić information content (AvgIpc) is 2.67. The van der Waals surface area contributed by atoms with Crippen molar-refractivity contribution in [2.75, 3.05) is 47.9 Å². The molecule has 0 radical (unpaired) electrons. The van der Waals surface area contributed by atoms with Gasteiger partial charge in [0, 0.05) is 24.7 Å². The molecule has 0 bridgehead atoms. The second-order valence-corrected chi connectivity index (χ2v) is 5.84. The Labute approximate surface area is 127 Å². The smallest absolute Gasteiger partial charge is 0.122 e. The number of benzene rings is 1. The molecule has 1 heterocycles. The zero-order valence-corrected chi connectivity index (χ0v) is 13.5. The fourth-order valence-corrected chi connectivity index (χ4v) is 2.94. The molecule has 0 amide bonds. The van der Waals surface area contributed by atoms with E-state index in [4.69, 9.17) is 15.2 Å². The highest BCUT2D eigenvalue weighted by Crippen LogP contribution is 2.28. The van der Waals surface area contributed by atoms with Crippen molar-refractivity contribution < 1.29 is 9.47 Å².